The first-order valence-electron chi connectivity index (χ1n) is 9.63. The van der Waals surface area contributed by atoms with Gasteiger partial charge in [-0.2, -0.15) is 0 Å². The van der Waals surface area contributed by atoms with Crippen molar-refractivity contribution >= 4 is 17.5 Å². The minimum absolute atomic E-state index is 0.0335. The van der Waals surface area contributed by atoms with Crippen molar-refractivity contribution in [2.45, 2.75) is 32.1 Å². The number of benzene rings is 2. The van der Waals surface area contributed by atoms with E-state index in [1.54, 1.807) is 12.1 Å². The van der Waals surface area contributed by atoms with E-state index in [4.69, 9.17) is 5.73 Å². The molecule has 3 N–H and O–H groups in total. The molecule has 2 aromatic carbocycles. The third kappa shape index (κ3) is 4.30. The molecule has 1 unspecified atom stereocenters. The molecule has 0 aromatic heterocycles. The summed E-state index contributed by atoms with van der Waals surface area (Å²) in [6.07, 6.45) is 3.61. The van der Waals surface area contributed by atoms with Crippen molar-refractivity contribution in [1.29, 1.82) is 0 Å². The van der Waals surface area contributed by atoms with Gasteiger partial charge in [-0.1, -0.05) is 30.3 Å². The number of carbonyl (C=O) groups excluding carboxylic acids is 2. The minimum atomic E-state index is -0.468. The highest BCUT2D eigenvalue weighted by molar-refractivity contribution is 5.93. The maximum atomic E-state index is 13.0. The number of carbonyl (C=O) groups is 2. The number of hydrogen-bond acceptors (Lipinski definition) is 3. The largest absolute Gasteiger partial charge is 0.371 e. The number of anilines is 1. The number of nitrogens with zero attached hydrogens (tertiary/aromatic N) is 1. The number of amides is 2. The number of likely N-dealkylation sites (N-methyl/N-ethyl adjacent to an activating group) is 1. The van der Waals surface area contributed by atoms with Gasteiger partial charge in [0.05, 0.1) is 5.92 Å². The zero-order valence-corrected chi connectivity index (χ0v) is 15.8. The van der Waals surface area contributed by atoms with Gasteiger partial charge in [0, 0.05) is 30.9 Å². The summed E-state index contributed by atoms with van der Waals surface area (Å²) in [6.45, 7) is 4.52. The Balaban J connectivity index is 2.03. The van der Waals surface area contributed by atoms with Crippen LogP contribution in [0.4, 0.5) is 5.69 Å². The van der Waals surface area contributed by atoms with E-state index in [0.29, 0.717) is 12.1 Å². The molecule has 0 radical (unpaired) electrons. The molecule has 1 aliphatic rings. The van der Waals surface area contributed by atoms with E-state index in [9.17, 15) is 9.59 Å². The van der Waals surface area contributed by atoms with Crippen molar-refractivity contribution in [3.05, 3.63) is 65.2 Å². The zero-order chi connectivity index (χ0) is 19.2. The second-order valence-electron chi connectivity index (χ2n) is 6.92. The van der Waals surface area contributed by atoms with Crippen LogP contribution in [0.25, 0.3) is 0 Å². The number of primary amides is 1. The van der Waals surface area contributed by atoms with Crippen LogP contribution in [0, 0.1) is 0 Å². The lowest BCUT2D eigenvalue weighted by molar-refractivity contribution is -0.121. The smallest absolute Gasteiger partial charge is 0.248 e. The van der Waals surface area contributed by atoms with Gasteiger partial charge in [0.2, 0.25) is 11.8 Å². The van der Waals surface area contributed by atoms with Crippen molar-refractivity contribution in [2.24, 2.45) is 5.73 Å². The van der Waals surface area contributed by atoms with Crippen molar-refractivity contribution in [3.8, 4) is 0 Å². The first kappa shape index (κ1) is 19.0. The quantitative estimate of drug-likeness (QED) is 0.826. The number of nitrogens with one attached hydrogen (secondary N) is 1. The molecule has 27 heavy (non-hydrogen) atoms. The van der Waals surface area contributed by atoms with Crippen LogP contribution >= 0.6 is 0 Å². The summed E-state index contributed by atoms with van der Waals surface area (Å²) in [5.74, 6) is -0.927. The number of piperidine rings is 1. The summed E-state index contributed by atoms with van der Waals surface area (Å²) in [5, 5.41) is 2.96. The van der Waals surface area contributed by atoms with Crippen LogP contribution in [0.1, 0.15) is 53.6 Å². The number of hydrogen-bond donors (Lipinski definition) is 2. The second kappa shape index (κ2) is 8.71. The molecule has 0 saturated carbocycles. The summed E-state index contributed by atoms with van der Waals surface area (Å²) in [6, 6.07) is 15.2. The second-order valence-corrected chi connectivity index (χ2v) is 6.92. The molecule has 1 saturated heterocycles. The fourth-order valence-electron chi connectivity index (χ4n) is 3.74. The van der Waals surface area contributed by atoms with E-state index in [1.165, 1.54) is 19.3 Å². The zero-order valence-electron chi connectivity index (χ0n) is 15.8. The monoisotopic (exact) mass is 365 g/mol. The summed E-state index contributed by atoms with van der Waals surface area (Å²) < 4.78 is 0. The molecular formula is C22H27N3O2. The molecule has 5 heteroatoms. The summed E-state index contributed by atoms with van der Waals surface area (Å²) in [4.78, 5) is 26.7. The van der Waals surface area contributed by atoms with E-state index >= 15 is 0 Å². The fraction of sp³-hybridized carbons (Fsp3) is 0.364. The van der Waals surface area contributed by atoms with Gasteiger partial charge in [0.25, 0.3) is 0 Å². The molecule has 142 valence electrons. The van der Waals surface area contributed by atoms with Gasteiger partial charge >= 0.3 is 0 Å². The van der Waals surface area contributed by atoms with Crippen LogP contribution < -0.4 is 16.0 Å². The SMILES string of the molecule is CCNC(=O)C(c1ccc(C(N)=O)cc1)c1ccccc1N1CCCCC1. The molecule has 2 aromatic rings. The predicted molar refractivity (Wildman–Crippen MR) is 108 cm³/mol. The lowest BCUT2D eigenvalue weighted by atomic mass is 9.88. The minimum Gasteiger partial charge on any atom is -0.371 e. The van der Waals surface area contributed by atoms with Crippen molar-refractivity contribution in [2.75, 3.05) is 24.5 Å². The Morgan fingerprint density at radius 1 is 1.04 bits per heavy atom. The third-order valence-corrected chi connectivity index (χ3v) is 5.09. The Morgan fingerprint density at radius 2 is 1.70 bits per heavy atom. The van der Waals surface area contributed by atoms with Gasteiger partial charge in [0.15, 0.2) is 0 Å². The third-order valence-electron chi connectivity index (χ3n) is 5.09. The molecular weight excluding hydrogens is 338 g/mol. The first-order valence-corrected chi connectivity index (χ1v) is 9.63. The molecule has 3 rings (SSSR count). The highest BCUT2D eigenvalue weighted by Gasteiger charge is 2.27. The van der Waals surface area contributed by atoms with Crippen LogP contribution in [-0.4, -0.2) is 31.4 Å². The van der Waals surface area contributed by atoms with E-state index in [0.717, 1.165) is 29.9 Å². The van der Waals surface area contributed by atoms with Gasteiger partial charge in [-0.25, -0.2) is 0 Å². The summed E-state index contributed by atoms with van der Waals surface area (Å²) in [7, 11) is 0. The standard InChI is InChI=1S/C22H27N3O2/c1-2-24-22(27)20(16-10-12-17(13-11-16)21(23)26)18-8-4-5-9-19(18)25-14-6-3-7-15-25/h4-5,8-13,20H,2-3,6-7,14-15H2,1H3,(H2,23,26)(H,24,27). The van der Waals surface area contributed by atoms with E-state index < -0.39 is 11.8 Å². The summed E-state index contributed by atoms with van der Waals surface area (Å²) in [5.41, 5.74) is 8.77. The van der Waals surface area contributed by atoms with Gasteiger partial charge in [-0.05, 0) is 55.5 Å². The highest BCUT2D eigenvalue weighted by atomic mass is 16.2. The molecule has 5 nitrogen and oxygen atoms in total. The highest BCUT2D eigenvalue weighted by Crippen LogP contribution is 2.34. The molecule has 0 spiro atoms. The Morgan fingerprint density at radius 3 is 2.33 bits per heavy atom. The molecule has 1 aliphatic heterocycles. The Kier molecular flexibility index (Phi) is 6.12. The van der Waals surface area contributed by atoms with Gasteiger partial charge in [-0.15, -0.1) is 0 Å². The number of para-hydroxylation sites is 1. The molecule has 0 aliphatic carbocycles. The lowest BCUT2D eigenvalue weighted by Crippen LogP contribution is -2.34. The molecule has 1 heterocycles. The fourth-order valence-corrected chi connectivity index (χ4v) is 3.74. The van der Waals surface area contributed by atoms with E-state index in [2.05, 4.69) is 16.3 Å². The van der Waals surface area contributed by atoms with Crippen LogP contribution in [0.5, 0.6) is 0 Å². The van der Waals surface area contributed by atoms with E-state index in [1.807, 2.05) is 37.3 Å². The average molecular weight is 365 g/mol. The number of nitrogens with two attached hydrogens (primary N) is 1. The lowest BCUT2D eigenvalue weighted by Gasteiger charge is -2.32. The molecule has 0 bridgehead atoms. The Labute approximate surface area is 160 Å². The Bertz CT molecular complexity index is 795. The van der Waals surface area contributed by atoms with Crippen LogP contribution in [0.15, 0.2) is 48.5 Å². The molecule has 1 fully saturated rings. The Hall–Kier alpha value is -2.82. The normalized spacial score (nSPS) is 15.2. The maximum absolute atomic E-state index is 13.0. The van der Waals surface area contributed by atoms with Crippen molar-refractivity contribution in [3.63, 3.8) is 0 Å². The van der Waals surface area contributed by atoms with Crippen LogP contribution in [0.2, 0.25) is 0 Å². The predicted octanol–water partition coefficient (Wildman–Crippen LogP) is 3.04. The van der Waals surface area contributed by atoms with Gasteiger partial charge in [0.1, 0.15) is 0 Å². The van der Waals surface area contributed by atoms with Crippen molar-refractivity contribution < 1.29 is 9.59 Å². The summed E-state index contributed by atoms with van der Waals surface area (Å²) >= 11 is 0. The van der Waals surface area contributed by atoms with Crippen molar-refractivity contribution in [1.82, 2.24) is 5.32 Å². The molecule has 1 atom stereocenters. The maximum Gasteiger partial charge on any atom is 0.248 e. The molecule has 2 amide bonds. The number of rotatable bonds is 6. The van der Waals surface area contributed by atoms with Gasteiger partial charge < -0.3 is 16.0 Å². The topological polar surface area (TPSA) is 75.4 Å². The van der Waals surface area contributed by atoms with Crippen LogP contribution in [0.3, 0.4) is 0 Å². The first-order chi connectivity index (χ1) is 13.1. The van der Waals surface area contributed by atoms with Crippen LogP contribution in [-0.2, 0) is 4.79 Å². The van der Waals surface area contributed by atoms with E-state index in [-0.39, 0.29) is 5.91 Å². The van der Waals surface area contributed by atoms with Gasteiger partial charge in [-0.3, -0.25) is 9.59 Å². The average Bonchev–Trinajstić information content (AvgIpc) is 2.70.